The van der Waals surface area contributed by atoms with E-state index in [9.17, 15) is 13.2 Å². The number of ether oxygens (including phenoxy) is 1. The zero-order chi connectivity index (χ0) is 29.1. The van der Waals surface area contributed by atoms with Crippen molar-refractivity contribution in [2.45, 2.75) is 64.3 Å². The molecule has 2 fully saturated rings. The number of nitrogens with zero attached hydrogens (tertiary/aromatic N) is 4. The minimum atomic E-state index is -4.72. The lowest BCUT2D eigenvalue weighted by atomic mass is 9.77. The van der Waals surface area contributed by atoms with E-state index >= 15 is 0 Å². The second-order valence-corrected chi connectivity index (χ2v) is 11.6. The molecule has 0 spiro atoms. The lowest BCUT2D eigenvalue weighted by molar-refractivity contribution is -0.274. The smallest absolute Gasteiger partial charge is 0.424 e. The largest absolute Gasteiger partial charge is 0.573 e. The third kappa shape index (κ3) is 6.91. The van der Waals surface area contributed by atoms with Crippen LogP contribution in [0.5, 0.6) is 5.75 Å². The van der Waals surface area contributed by atoms with Crippen LogP contribution < -0.4 is 15.0 Å². The fourth-order valence-electron chi connectivity index (χ4n) is 6.42. The predicted octanol–water partition coefficient (Wildman–Crippen LogP) is 8.01. The Morgan fingerprint density at radius 1 is 0.952 bits per heavy atom. The Kier molecular flexibility index (Phi) is 8.13. The molecule has 2 aromatic carbocycles. The number of hydrogen-bond acceptors (Lipinski definition) is 6. The molecule has 222 valence electrons. The lowest BCUT2D eigenvalue weighted by Gasteiger charge is -2.39. The Morgan fingerprint density at radius 2 is 1.71 bits per heavy atom. The first-order valence-electron chi connectivity index (χ1n) is 14.7. The number of piperidine rings is 1. The molecule has 6 rings (SSSR count). The summed E-state index contributed by atoms with van der Waals surface area (Å²) in [7, 11) is 0. The molecule has 2 aromatic heterocycles. The van der Waals surface area contributed by atoms with E-state index in [4.69, 9.17) is 4.42 Å². The summed E-state index contributed by atoms with van der Waals surface area (Å²) in [4.78, 5) is 6.95. The normalized spacial score (nSPS) is 21.3. The number of benzene rings is 2. The van der Waals surface area contributed by atoms with Crippen LogP contribution in [0.15, 0.2) is 71.5 Å². The maximum atomic E-state index is 12.5. The standard InChI is InChI=1S/C32H36F3N5O2/c1-22-18-37-40(20-22)27-12-10-26(11-13-27)39-16-4-5-23(21-39)17-25-6-2-3-7-29(25)38-31-36-19-30(41-31)24-8-14-28(15-9-24)42-32(33,34)35/h8-15,18-20,23,25,29H,2-7,16-17,21H2,1H3,(H,36,38)/t23-,25+,29-/m1/s1. The highest BCUT2D eigenvalue weighted by Crippen LogP contribution is 2.36. The van der Waals surface area contributed by atoms with Crippen molar-refractivity contribution in [3.05, 3.63) is 72.7 Å². The van der Waals surface area contributed by atoms with Gasteiger partial charge >= 0.3 is 6.36 Å². The van der Waals surface area contributed by atoms with Crippen LogP contribution in [0.4, 0.5) is 24.9 Å². The monoisotopic (exact) mass is 579 g/mol. The molecule has 0 unspecified atom stereocenters. The molecule has 4 aromatic rings. The number of rotatable bonds is 8. The SMILES string of the molecule is Cc1cnn(-c2ccc(N3CCC[C@H](C[C@@H]4CCCC[C@H]4Nc4ncc(-c5ccc(OC(F)(F)F)cc5)o4)C3)cc2)c1. The summed E-state index contributed by atoms with van der Waals surface area (Å²) in [6.07, 6.45) is 9.03. The molecule has 1 aliphatic carbocycles. The van der Waals surface area contributed by atoms with Gasteiger partial charge in [0.1, 0.15) is 5.75 Å². The average molecular weight is 580 g/mol. The van der Waals surface area contributed by atoms with E-state index in [0.717, 1.165) is 37.2 Å². The van der Waals surface area contributed by atoms with E-state index in [1.54, 1.807) is 6.20 Å². The van der Waals surface area contributed by atoms with Gasteiger partial charge in [-0.2, -0.15) is 5.10 Å². The summed E-state index contributed by atoms with van der Waals surface area (Å²) in [6.45, 7) is 4.18. The Bertz CT molecular complexity index is 1450. The molecule has 1 aliphatic heterocycles. The zero-order valence-corrected chi connectivity index (χ0v) is 23.7. The van der Waals surface area contributed by atoms with Crippen molar-refractivity contribution in [2.24, 2.45) is 11.8 Å². The fourth-order valence-corrected chi connectivity index (χ4v) is 6.42. The van der Waals surface area contributed by atoms with Gasteiger partial charge < -0.3 is 19.4 Å². The molecule has 42 heavy (non-hydrogen) atoms. The molecule has 0 bridgehead atoms. The van der Waals surface area contributed by atoms with Gasteiger partial charge in [-0.05, 0) is 105 Å². The molecule has 3 heterocycles. The quantitative estimate of drug-likeness (QED) is 0.228. The van der Waals surface area contributed by atoms with Crippen LogP contribution in [0.3, 0.4) is 0 Å². The summed E-state index contributed by atoms with van der Waals surface area (Å²) in [5.74, 6) is 1.39. The van der Waals surface area contributed by atoms with Crippen LogP contribution >= 0.6 is 0 Å². The van der Waals surface area contributed by atoms with Gasteiger partial charge in [-0.15, -0.1) is 13.2 Å². The summed E-state index contributed by atoms with van der Waals surface area (Å²) in [5.41, 5.74) is 4.11. The number of oxazole rings is 1. The minimum absolute atomic E-state index is 0.267. The molecular formula is C32H36F3N5O2. The Morgan fingerprint density at radius 3 is 2.45 bits per heavy atom. The highest BCUT2D eigenvalue weighted by molar-refractivity contribution is 5.58. The molecule has 1 saturated heterocycles. The zero-order valence-electron chi connectivity index (χ0n) is 23.7. The van der Waals surface area contributed by atoms with E-state index < -0.39 is 6.36 Å². The van der Waals surface area contributed by atoms with Crippen molar-refractivity contribution >= 4 is 11.7 Å². The van der Waals surface area contributed by atoms with Crippen LogP contribution in [-0.4, -0.2) is 40.3 Å². The minimum Gasteiger partial charge on any atom is -0.424 e. The van der Waals surface area contributed by atoms with Crippen LogP contribution in [0.25, 0.3) is 17.0 Å². The van der Waals surface area contributed by atoms with E-state index in [-0.39, 0.29) is 11.8 Å². The highest BCUT2D eigenvalue weighted by atomic mass is 19.4. The van der Waals surface area contributed by atoms with Crippen molar-refractivity contribution in [1.29, 1.82) is 0 Å². The molecule has 7 nitrogen and oxygen atoms in total. The van der Waals surface area contributed by atoms with Crippen molar-refractivity contribution in [3.63, 3.8) is 0 Å². The maximum Gasteiger partial charge on any atom is 0.573 e. The number of aromatic nitrogens is 3. The highest BCUT2D eigenvalue weighted by Gasteiger charge is 2.32. The van der Waals surface area contributed by atoms with Gasteiger partial charge in [0.15, 0.2) is 5.76 Å². The Labute approximate surface area is 243 Å². The van der Waals surface area contributed by atoms with Crippen molar-refractivity contribution < 1.29 is 22.3 Å². The molecular weight excluding hydrogens is 543 g/mol. The second-order valence-electron chi connectivity index (χ2n) is 11.6. The second kappa shape index (κ2) is 12.1. The third-order valence-corrected chi connectivity index (χ3v) is 8.44. The summed E-state index contributed by atoms with van der Waals surface area (Å²) in [6, 6.07) is 15.0. The number of nitrogens with one attached hydrogen (secondary N) is 1. The molecule has 10 heteroatoms. The first kappa shape index (κ1) is 28.2. The Balaban J connectivity index is 1.06. The molecule has 1 N–H and O–H groups in total. The molecule has 0 radical (unpaired) electrons. The van der Waals surface area contributed by atoms with Crippen molar-refractivity contribution in [1.82, 2.24) is 14.8 Å². The van der Waals surface area contributed by atoms with E-state index in [1.807, 2.05) is 24.0 Å². The Hall–Kier alpha value is -3.95. The number of hydrogen-bond donors (Lipinski definition) is 1. The number of anilines is 2. The van der Waals surface area contributed by atoms with Crippen molar-refractivity contribution in [2.75, 3.05) is 23.3 Å². The van der Waals surface area contributed by atoms with Crippen LogP contribution in [0.1, 0.15) is 50.5 Å². The summed E-state index contributed by atoms with van der Waals surface area (Å²) >= 11 is 0. The van der Waals surface area contributed by atoms with Crippen molar-refractivity contribution in [3.8, 4) is 22.8 Å². The summed E-state index contributed by atoms with van der Waals surface area (Å²) in [5, 5.41) is 7.97. The van der Waals surface area contributed by atoms with E-state index in [1.165, 1.54) is 62.1 Å². The van der Waals surface area contributed by atoms with Gasteiger partial charge in [0.25, 0.3) is 6.01 Å². The molecule has 3 atom stereocenters. The first-order chi connectivity index (χ1) is 20.3. The van der Waals surface area contributed by atoms with Crippen LogP contribution in [0.2, 0.25) is 0 Å². The summed E-state index contributed by atoms with van der Waals surface area (Å²) < 4.78 is 49.3. The number of aryl methyl sites for hydroxylation is 1. The van der Waals surface area contributed by atoms with Crippen LogP contribution in [0, 0.1) is 18.8 Å². The van der Waals surface area contributed by atoms with Gasteiger partial charge in [-0.1, -0.05) is 12.8 Å². The number of alkyl halides is 3. The van der Waals surface area contributed by atoms with Gasteiger partial charge in [-0.25, -0.2) is 9.67 Å². The fraction of sp³-hybridized carbons (Fsp3) is 0.438. The van der Waals surface area contributed by atoms with E-state index in [0.29, 0.717) is 29.2 Å². The van der Waals surface area contributed by atoms with E-state index in [2.05, 4.69) is 49.3 Å². The predicted molar refractivity (Wildman–Crippen MR) is 156 cm³/mol. The van der Waals surface area contributed by atoms with Gasteiger partial charge in [0.2, 0.25) is 0 Å². The van der Waals surface area contributed by atoms with Crippen LogP contribution in [-0.2, 0) is 0 Å². The molecule has 2 aliphatic rings. The maximum absolute atomic E-state index is 12.5. The topological polar surface area (TPSA) is 68.4 Å². The van der Waals surface area contributed by atoms with Gasteiger partial charge in [0.05, 0.1) is 18.1 Å². The van der Waals surface area contributed by atoms with Gasteiger partial charge in [0, 0.05) is 36.6 Å². The number of halogens is 3. The average Bonchev–Trinajstić information content (AvgIpc) is 3.63. The third-order valence-electron chi connectivity index (χ3n) is 8.44. The van der Waals surface area contributed by atoms with Gasteiger partial charge in [-0.3, -0.25) is 0 Å². The first-order valence-corrected chi connectivity index (χ1v) is 14.7. The molecule has 0 amide bonds. The lowest BCUT2D eigenvalue weighted by Crippen LogP contribution is -2.39. The molecule has 1 saturated carbocycles.